The van der Waals surface area contributed by atoms with E-state index in [1.54, 1.807) is 17.8 Å². The van der Waals surface area contributed by atoms with Crippen LogP contribution in [-0.4, -0.2) is 0 Å². The van der Waals surface area contributed by atoms with Gasteiger partial charge >= 0.3 is 0 Å². The highest BCUT2D eigenvalue weighted by Crippen LogP contribution is 2.33. The highest BCUT2D eigenvalue weighted by Gasteiger charge is 2.09. The van der Waals surface area contributed by atoms with E-state index in [-0.39, 0.29) is 11.9 Å². The van der Waals surface area contributed by atoms with E-state index in [0.29, 0.717) is 0 Å². The van der Waals surface area contributed by atoms with Crippen LogP contribution in [0.3, 0.4) is 0 Å². The number of rotatable bonds is 3. The molecule has 0 amide bonds. The zero-order valence-corrected chi connectivity index (χ0v) is 12.3. The quantitative estimate of drug-likeness (QED) is 0.880. The Labute approximate surface area is 119 Å². The van der Waals surface area contributed by atoms with Crippen molar-refractivity contribution in [1.82, 2.24) is 0 Å². The first-order valence-corrected chi connectivity index (χ1v) is 7.15. The third-order valence-corrected chi connectivity index (χ3v) is 4.13. The van der Waals surface area contributed by atoms with Crippen molar-refractivity contribution >= 4 is 27.7 Å². The van der Waals surface area contributed by atoms with Crippen LogP contribution < -0.4 is 5.73 Å². The summed E-state index contributed by atoms with van der Waals surface area (Å²) >= 11 is 4.99. The summed E-state index contributed by atoms with van der Waals surface area (Å²) < 4.78 is 14.3. The van der Waals surface area contributed by atoms with Gasteiger partial charge in [-0.3, -0.25) is 0 Å². The van der Waals surface area contributed by atoms with Gasteiger partial charge in [0.15, 0.2) is 0 Å². The Hall–Kier alpha value is -0.840. The van der Waals surface area contributed by atoms with Gasteiger partial charge in [0, 0.05) is 20.3 Å². The molecule has 1 nitrogen and oxygen atoms in total. The van der Waals surface area contributed by atoms with E-state index >= 15 is 0 Å². The van der Waals surface area contributed by atoms with E-state index < -0.39 is 0 Å². The Balaban J connectivity index is 2.31. The molecule has 2 N–H and O–H groups in total. The van der Waals surface area contributed by atoms with E-state index in [1.165, 1.54) is 12.1 Å². The third-order valence-electron chi connectivity index (χ3n) is 2.50. The molecule has 2 aromatic carbocycles. The molecule has 0 heterocycles. The molecule has 4 heteroatoms. The lowest BCUT2D eigenvalue weighted by Crippen LogP contribution is -2.06. The molecule has 0 fully saturated rings. The molecule has 0 saturated carbocycles. The average molecular weight is 326 g/mol. The minimum Gasteiger partial charge on any atom is -0.324 e. The maximum Gasteiger partial charge on any atom is 0.123 e. The van der Waals surface area contributed by atoms with E-state index in [1.807, 2.05) is 31.2 Å². The lowest BCUT2D eigenvalue weighted by molar-refractivity contribution is 0.619. The first-order valence-electron chi connectivity index (χ1n) is 5.54. The first kappa shape index (κ1) is 13.6. The van der Waals surface area contributed by atoms with Gasteiger partial charge < -0.3 is 5.73 Å². The van der Waals surface area contributed by atoms with Crippen LogP contribution >= 0.6 is 27.7 Å². The van der Waals surface area contributed by atoms with Crippen LogP contribution in [0.5, 0.6) is 0 Å². The van der Waals surface area contributed by atoms with Crippen LogP contribution in [-0.2, 0) is 0 Å². The van der Waals surface area contributed by atoms with Crippen LogP contribution in [0.2, 0.25) is 0 Å². The zero-order valence-electron chi connectivity index (χ0n) is 9.86. The lowest BCUT2D eigenvalue weighted by atomic mass is 10.1. The van der Waals surface area contributed by atoms with Gasteiger partial charge in [-0.1, -0.05) is 27.7 Å². The van der Waals surface area contributed by atoms with Crippen molar-refractivity contribution in [1.29, 1.82) is 0 Å². The molecule has 0 bridgehead atoms. The molecule has 18 heavy (non-hydrogen) atoms. The SMILES string of the molecule is C[C@H](N)c1cc(F)ccc1Sc1ccc(Br)cc1. The molecule has 0 aliphatic carbocycles. The maximum atomic E-state index is 13.2. The number of halogens is 2. The molecule has 0 aliphatic rings. The molecule has 0 aromatic heterocycles. The number of nitrogens with two attached hydrogens (primary N) is 1. The third kappa shape index (κ3) is 3.34. The zero-order chi connectivity index (χ0) is 13.1. The monoisotopic (exact) mass is 325 g/mol. The van der Waals surface area contributed by atoms with Crippen LogP contribution in [0.1, 0.15) is 18.5 Å². The molecule has 0 saturated heterocycles. The standard InChI is InChI=1S/C14H13BrFNS/c1-9(17)13-8-11(16)4-7-14(13)18-12-5-2-10(15)3-6-12/h2-9H,17H2,1H3/t9-/m0/s1. The second kappa shape index (κ2) is 5.87. The summed E-state index contributed by atoms with van der Waals surface area (Å²) in [4.78, 5) is 2.10. The van der Waals surface area contributed by atoms with Crippen molar-refractivity contribution in [2.75, 3.05) is 0 Å². The summed E-state index contributed by atoms with van der Waals surface area (Å²) in [5.41, 5.74) is 6.71. The van der Waals surface area contributed by atoms with Crippen molar-refractivity contribution in [3.63, 3.8) is 0 Å². The highest BCUT2D eigenvalue weighted by molar-refractivity contribution is 9.10. The van der Waals surface area contributed by atoms with Crippen LogP contribution in [0, 0.1) is 5.82 Å². The van der Waals surface area contributed by atoms with Crippen molar-refractivity contribution in [3.05, 3.63) is 58.3 Å². The lowest BCUT2D eigenvalue weighted by Gasteiger charge is -2.12. The smallest absolute Gasteiger partial charge is 0.123 e. The van der Waals surface area contributed by atoms with E-state index in [9.17, 15) is 4.39 Å². The fourth-order valence-electron chi connectivity index (χ4n) is 1.60. The van der Waals surface area contributed by atoms with Gasteiger partial charge in [0.1, 0.15) is 5.82 Å². The number of hydrogen-bond donors (Lipinski definition) is 1. The van der Waals surface area contributed by atoms with Gasteiger partial charge in [0.05, 0.1) is 0 Å². The Morgan fingerprint density at radius 1 is 1.17 bits per heavy atom. The van der Waals surface area contributed by atoms with Gasteiger partial charge in [-0.05, 0) is 55.0 Å². The normalized spacial score (nSPS) is 12.4. The summed E-state index contributed by atoms with van der Waals surface area (Å²) in [6, 6.07) is 12.6. The summed E-state index contributed by atoms with van der Waals surface area (Å²) in [7, 11) is 0. The Bertz CT molecular complexity index is 540. The molecule has 0 radical (unpaired) electrons. The van der Waals surface area contributed by atoms with Gasteiger partial charge in [-0.2, -0.15) is 0 Å². The van der Waals surface area contributed by atoms with Crippen LogP contribution in [0.15, 0.2) is 56.7 Å². The Morgan fingerprint density at radius 2 is 1.83 bits per heavy atom. The molecule has 0 unspecified atom stereocenters. The van der Waals surface area contributed by atoms with Crippen molar-refractivity contribution in [3.8, 4) is 0 Å². The number of hydrogen-bond acceptors (Lipinski definition) is 2. The summed E-state index contributed by atoms with van der Waals surface area (Å²) in [6.07, 6.45) is 0. The maximum absolute atomic E-state index is 13.2. The molecule has 2 rings (SSSR count). The van der Waals surface area contributed by atoms with E-state index in [2.05, 4.69) is 15.9 Å². The second-order valence-electron chi connectivity index (χ2n) is 4.03. The topological polar surface area (TPSA) is 26.0 Å². The fraction of sp³-hybridized carbons (Fsp3) is 0.143. The molecule has 2 aromatic rings. The van der Waals surface area contributed by atoms with Crippen LogP contribution in [0.4, 0.5) is 4.39 Å². The van der Waals surface area contributed by atoms with E-state index in [4.69, 9.17) is 5.73 Å². The predicted octanol–water partition coefficient (Wildman–Crippen LogP) is 4.76. The van der Waals surface area contributed by atoms with Gasteiger partial charge in [-0.25, -0.2) is 4.39 Å². The van der Waals surface area contributed by atoms with Gasteiger partial charge in [-0.15, -0.1) is 0 Å². The fourth-order valence-corrected chi connectivity index (χ4v) is 2.89. The molecule has 0 spiro atoms. The predicted molar refractivity (Wildman–Crippen MR) is 77.3 cm³/mol. The molecular formula is C14H13BrFNS. The minimum absolute atomic E-state index is 0.182. The molecular weight excluding hydrogens is 313 g/mol. The van der Waals surface area contributed by atoms with Crippen molar-refractivity contribution in [2.24, 2.45) is 5.73 Å². The Morgan fingerprint density at radius 3 is 2.44 bits per heavy atom. The van der Waals surface area contributed by atoms with Gasteiger partial charge in [0.2, 0.25) is 0 Å². The summed E-state index contributed by atoms with van der Waals surface area (Å²) in [5.74, 6) is -0.248. The van der Waals surface area contributed by atoms with Crippen LogP contribution in [0.25, 0.3) is 0 Å². The Kier molecular flexibility index (Phi) is 4.43. The summed E-state index contributed by atoms with van der Waals surface area (Å²) in [5, 5.41) is 0. The van der Waals surface area contributed by atoms with Gasteiger partial charge in [0.25, 0.3) is 0 Å². The first-order chi connectivity index (χ1) is 8.56. The van der Waals surface area contributed by atoms with Crippen molar-refractivity contribution in [2.45, 2.75) is 22.8 Å². The highest BCUT2D eigenvalue weighted by atomic mass is 79.9. The molecule has 1 atom stereocenters. The average Bonchev–Trinajstić information content (AvgIpc) is 2.34. The number of benzene rings is 2. The largest absolute Gasteiger partial charge is 0.324 e. The second-order valence-corrected chi connectivity index (χ2v) is 6.06. The summed E-state index contributed by atoms with van der Waals surface area (Å²) in [6.45, 7) is 1.86. The molecule has 0 aliphatic heterocycles. The van der Waals surface area contributed by atoms with E-state index in [0.717, 1.165) is 19.8 Å². The molecule has 94 valence electrons. The minimum atomic E-state index is -0.248. The van der Waals surface area contributed by atoms with Crippen molar-refractivity contribution < 1.29 is 4.39 Å².